The largest absolute Gasteiger partial charge is 0.491 e. The van der Waals surface area contributed by atoms with Crippen molar-refractivity contribution in [3.63, 3.8) is 0 Å². The van der Waals surface area contributed by atoms with E-state index < -0.39 is 6.10 Å². The van der Waals surface area contributed by atoms with Gasteiger partial charge in [-0.3, -0.25) is 4.79 Å². The molecule has 5 heteroatoms. The summed E-state index contributed by atoms with van der Waals surface area (Å²) in [5.74, 6) is -0.123. The minimum absolute atomic E-state index is 0.0127. The van der Waals surface area contributed by atoms with E-state index in [4.69, 9.17) is 4.74 Å². The third-order valence-electron chi connectivity index (χ3n) is 3.24. The average molecular weight is 317 g/mol. The third-order valence-corrected chi connectivity index (χ3v) is 3.24. The molecule has 0 saturated carbocycles. The summed E-state index contributed by atoms with van der Waals surface area (Å²) in [5, 5.41) is 12.5. The number of carbonyl (C=O) groups is 1. The molecule has 0 spiro atoms. The molecule has 2 aromatic rings. The van der Waals surface area contributed by atoms with E-state index in [9.17, 15) is 14.3 Å². The van der Waals surface area contributed by atoms with Crippen LogP contribution in [0.5, 0.6) is 5.75 Å². The molecule has 4 nitrogen and oxygen atoms in total. The predicted octanol–water partition coefficient (Wildman–Crippen LogP) is 2.61. The number of ether oxygens (including phenoxy) is 1. The van der Waals surface area contributed by atoms with Crippen LogP contribution in [0.1, 0.15) is 21.5 Å². The van der Waals surface area contributed by atoms with Crippen molar-refractivity contribution in [3.05, 3.63) is 65.0 Å². The molecule has 0 aliphatic heterocycles. The van der Waals surface area contributed by atoms with Gasteiger partial charge < -0.3 is 15.2 Å². The third kappa shape index (κ3) is 5.38. The van der Waals surface area contributed by atoms with E-state index in [1.54, 1.807) is 12.1 Å². The zero-order valence-electron chi connectivity index (χ0n) is 13.2. The van der Waals surface area contributed by atoms with E-state index in [1.165, 1.54) is 24.3 Å². The standard InChI is InChI=1S/C18H20FNO3/c1-12-7-13(2)9-14(8-12)18(22)20-10-16(21)11-23-17-5-3-15(19)4-6-17/h3-9,16,21H,10-11H2,1-2H3,(H,20,22). The highest BCUT2D eigenvalue weighted by molar-refractivity contribution is 5.94. The van der Waals surface area contributed by atoms with Crippen LogP contribution in [0.2, 0.25) is 0 Å². The molecule has 0 fully saturated rings. The summed E-state index contributed by atoms with van der Waals surface area (Å²) < 4.78 is 18.1. The number of aryl methyl sites for hydroxylation is 2. The van der Waals surface area contributed by atoms with E-state index in [0.717, 1.165) is 11.1 Å². The Bertz CT molecular complexity index is 650. The Labute approximate surface area is 134 Å². The summed E-state index contributed by atoms with van der Waals surface area (Å²) in [4.78, 5) is 12.1. The number of nitrogens with one attached hydrogen (secondary N) is 1. The van der Waals surface area contributed by atoms with Crippen LogP contribution in [0.25, 0.3) is 0 Å². The van der Waals surface area contributed by atoms with Crippen LogP contribution in [-0.2, 0) is 0 Å². The molecular formula is C18H20FNO3. The number of aliphatic hydroxyl groups is 1. The van der Waals surface area contributed by atoms with Crippen LogP contribution in [0, 0.1) is 19.7 Å². The lowest BCUT2D eigenvalue weighted by Gasteiger charge is -2.13. The van der Waals surface area contributed by atoms with Gasteiger partial charge in [0, 0.05) is 12.1 Å². The first-order chi connectivity index (χ1) is 10.9. The van der Waals surface area contributed by atoms with Gasteiger partial charge in [0.05, 0.1) is 0 Å². The van der Waals surface area contributed by atoms with Crippen molar-refractivity contribution in [1.29, 1.82) is 0 Å². The number of carbonyl (C=O) groups excluding carboxylic acids is 1. The lowest BCUT2D eigenvalue weighted by molar-refractivity contribution is 0.0843. The normalized spacial score (nSPS) is 11.8. The first-order valence-electron chi connectivity index (χ1n) is 7.37. The molecule has 0 saturated heterocycles. The Morgan fingerprint density at radius 1 is 1.17 bits per heavy atom. The van der Waals surface area contributed by atoms with Gasteiger partial charge in [-0.25, -0.2) is 4.39 Å². The van der Waals surface area contributed by atoms with Crippen LogP contribution in [-0.4, -0.2) is 30.3 Å². The van der Waals surface area contributed by atoms with Gasteiger partial charge in [-0.05, 0) is 50.2 Å². The highest BCUT2D eigenvalue weighted by atomic mass is 19.1. The van der Waals surface area contributed by atoms with Crippen molar-refractivity contribution in [2.75, 3.05) is 13.2 Å². The summed E-state index contributed by atoms with van der Waals surface area (Å²) in [6.45, 7) is 3.94. The molecule has 1 unspecified atom stereocenters. The van der Waals surface area contributed by atoms with Gasteiger partial charge in [-0.1, -0.05) is 17.2 Å². The fourth-order valence-electron chi connectivity index (χ4n) is 2.20. The Balaban J connectivity index is 1.80. The van der Waals surface area contributed by atoms with Gasteiger partial charge >= 0.3 is 0 Å². The van der Waals surface area contributed by atoms with Crippen LogP contribution in [0.3, 0.4) is 0 Å². The van der Waals surface area contributed by atoms with Gasteiger partial charge in [-0.15, -0.1) is 0 Å². The molecule has 23 heavy (non-hydrogen) atoms. The fourth-order valence-corrected chi connectivity index (χ4v) is 2.20. The second kappa shape index (κ2) is 7.74. The number of halogens is 1. The number of hydrogen-bond donors (Lipinski definition) is 2. The average Bonchev–Trinajstić information content (AvgIpc) is 2.51. The van der Waals surface area contributed by atoms with Crippen LogP contribution >= 0.6 is 0 Å². The molecule has 0 bridgehead atoms. The number of rotatable bonds is 6. The Morgan fingerprint density at radius 2 is 1.78 bits per heavy atom. The molecular weight excluding hydrogens is 297 g/mol. The Morgan fingerprint density at radius 3 is 2.39 bits per heavy atom. The van der Waals surface area contributed by atoms with Crippen LogP contribution < -0.4 is 10.1 Å². The van der Waals surface area contributed by atoms with E-state index >= 15 is 0 Å². The zero-order valence-corrected chi connectivity index (χ0v) is 13.2. The molecule has 1 atom stereocenters. The first-order valence-corrected chi connectivity index (χ1v) is 7.37. The topological polar surface area (TPSA) is 58.6 Å². The molecule has 2 N–H and O–H groups in total. The molecule has 0 heterocycles. The second-order valence-electron chi connectivity index (χ2n) is 5.51. The maximum absolute atomic E-state index is 12.8. The molecule has 2 aromatic carbocycles. The summed E-state index contributed by atoms with van der Waals surface area (Å²) in [5.41, 5.74) is 2.58. The number of benzene rings is 2. The van der Waals surface area contributed by atoms with Crippen molar-refractivity contribution in [1.82, 2.24) is 5.32 Å². The maximum atomic E-state index is 12.8. The van der Waals surface area contributed by atoms with E-state index in [-0.39, 0.29) is 24.9 Å². The van der Waals surface area contributed by atoms with Crippen molar-refractivity contribution >= 4 is 5.91 Å². The first kappa shape index (κ1) is 17.0. The van der Waals surface area contributed by atoms with E-state index in [0.29, 0.717) is 11.3 Å². The predicted molar refractivity (Wildman–Crippen MR) is 86.2 cm³/mol. The minimum atomic E-state index is -0.852. The second-order valence-corrected chi connectivity index (χ2v) is 5.51. The highest BCUT2D eigenvalue weighted by Gasteiger charge is 2.10. The lowest BCUT2D eigenvalue weighted by atomic mass is 10.1. The molecule has 0 radical (unpaired) electrons. The number of aliphatic hydroxyl groups excluding tert-OH is 1. The summed E-state index contributed by atoms with van der Waals surface area (Å²) in [7, 11) is 0. The minimum Gasteiger partial charge on any atom is -0.491 e. The molecule has 122 valence electrons. The van der Waals surface area contributed by atoms with Crippen molar-refractivity contribution in [2.24, 2.45) is 0 Å². The summed E-state index contributed by atoms with van der Waals surface area (Å²) >= 11 is 0. The lowest BCUT2D eigenvalue weighted by Crippen LogP contribution is -2.35. The highest BCUT2D eigenvalue weighted by Crippen LogP contribution is 2.11. The van der Waals surface area contributed by atoms with Crippen LogP contribution in [0.4, 0.5) is 4.39 Å². The van der Waals surface area contributed by atoms with E-state index in [1.807, 2.05) is 19.9 Å². The van der Waals surface area contributed by atoms with Gasteiger partial charge in [0.25, 0.3) is 5.91 Å². The maximum Gasteiger partial charge on any atom is 0.251 e. The SMILES string of the molecule is Cc1cc(C)cc(C(=O)NCC(O)COc2ccc(F)cc2)c1. The van der Waals surface area contributed by atoms with Gasteiger partial charge in [0.1, 0.15) is 24.3 Å². The van der Waals surface area contributed by atoms with Crippen molar-refractivity contribution < 1.29 is 19.0 Å². The molecule has 0 aliphatic rings. The van der Waals surface area contributed by atoms with E-state index in [2.05, 4.69) is 5.32 Å². The smallest absolute Gasteiger partial charge is 0.251 e. The molecule has 0 aliphatic carbocycles. The molecule has 2 rings (SSSR count). The molecule has 1 amide bonds. The summed E-state index contributed by atoms with van der Waals surface area (Å²) in [6, 6.07) is 11.1. The van der Waals surface area contributed by atoms with Crippen LogP contribution in [0.15, 0.2) is 42.5 Å². The Hall–Kier alpha value is -2.40. The van der Waals surface area contributed by atoms with Crippen molar-refractivity contribution in [2.45, 2.75) is 20.0 Å². The van der Waals surface area contributed by atoms with Gasteiger partial charge in [0.15, 0.2) is 0 Å². The monoisotopic (exact) mass is 317 g/mol. The quantitative estimate of drug-likeness (QED) is 0.861. The van der Waals surface area contributed by atoms with Gasteiger partial charge in [0.2, 0.25) is 0 Å². The Kier molecular flexibility index (Phi) is 5.71. The van der Waals surface area contributed by atoms with Gasteiger partial charge in [-0.2, -0.15) is 0 Å². The molecule has 0 aromatic heterocycles. The number of hydrogen-bond acceptors (Lipinski definition) is 3. The number of amides is 1. The van der Waals surface area contributed by atoms with Crippen molar-refractivity contribution in [3.8, 4) is 5.75 Å². The zero-order chi connectivity index (χ0) is 16.8. The summed E-state index contributed by atoms with van der Waals surface area (Å²) in [6.07, 6.45) is -0.852. The fraction of sp³-hybridized carbons (Fsp3) is 0.278.